The Morgan fingerprint density at radius 3 is 2.50 bits per heavy atom. The van der Waals surface area contributed by atoms with E-state index in [1.165, 1.54) is 12.1 Å². The van der Waals surface area contributed by atoms with Gasteiger partial charge in [0.05, 0.1) is 4.91 Å². The Hall–Kier alpha value is -1.69. The highest BCUT2D eigenvalue weighted by molar-refractivity contribution is 8.18. The quantitative estimate of drug-likeness (QED) is 0.767. The van der Waals surface area contributed by atoms with Crippen molar-refractivity contribution in [3.63, 3.8) is 0 Å². The van der Waals surface area contributed by atoms with Gasteiger partial charge in [-0.2, -0.15) is 0 Å². The van der Waals surface area contributed by atoms with Crippen LogP contribution in [0.1, 0.15) is 5.56 Å². The van der Waals surface area contributed by atoms with Crippen LogP contribution in [0, 0.1) is 11.6 Å². The molecule has 0 saturated carbocycles. The zero-order valence-corrected chi connectivity index (χ0v) is 8.61. The Kier molecular flexibility index (Phi) is 2.74. The van der Waals surface area contributed by atoms with Gasteiger partial charge in [0.1, 0.15) is 0 Å². The van der Waals surface area contributed by atoms with Crippen LogP contribution in [-0.4, -0.2) is 11.1 Å². The van der Waals surface area contributed by atoms with Gasteiger partial charge in [0.15, 0.2) is 11.6 Å². The molecule has 16 heavy (non-hydrogen) atoms. The molecule has 1 aromatic carbocycles. The second-order valence-corrected chi connectivity index (χ2v) is 4.04. The van der Waals surface area contributed by atoms with Crippen molar-refractivity contribution in [3.05, 3.63) is 40.3 Å². The van der Waals surface area contributed by atoms with Gasteiger partial charge >= 0.3 is 0 Å². The number of hydrogen-bond acceptors (Lipinski definition) is 3. The van der Waals surface area contributed by atoms with Crippen LogP contribution < -0.4 is 5.32 Å². The van der Waals surface area contributed by atoms with Crippen LogP contribution >= 0.6 is 11.8 Å². The van der Waals surface area contributed by atoms with Crippen molar-refractivity contribution in [2.45, 2.75) is 0 Å². The summed E-state index contributed by atoms with van der Waals surface area (Å²) >= 11 is 0.724. The summed E-state index contributed by atoms with van der Waals surface area (Å²) in [6.45, 7) is 0. The van der Waals surface area contributed by atoms with Crippen molar-refractivity contribution in [2.75, 3.05) is 0 Å². The maximum Gasteiger partial charge on any atom is 0.290 e. The largest absolute Gasteiger partial charge is 0.290 e. The number of carbonyl (C=O) groups is 2. The summed E-state index contributed by atoms with van der Waals surface area (Å²) in [4.78, 5) is 22.1. The molecule has 1 aromatic rings. The van der Waals surface area contributed by atoms with Gasteiger partial charge in [0.2, 0.25) is 0 Å². The van der Waals surface area contributed by atoms with E-state index in [2.05, 4.69) is 5.32 Å². The molecule has 6 heteroatoms. The lowest BCUT2D eigenvalue weighted by atomic mass is 10.2. The highest BCUT2D eigenvalue weighted by Gasteiger charge is 2.24. The summed E-state index contributed by atoms with van der Waals surface area (Å²) in [5, 5.41) is 1.59. The molecule has 1 saturated heterocycles. The summed E-state index contributed by atoms with van der Waals surface area (Å²) in [5.74, 6) is -2.48. The van der Waals surface area contributed by atoms with E-state index in [1.807, 2.05) is 0 Å². The molecule has 1 heterocycles. The number of thioether (sulfide) groups is 1. The molecule has 0 aromatic heterocycles. The minimum Gasteiger partial charge on any atom is -0.282 e. The molecule has 2 amide bonds. The molecule has 1 fully saturated rings. The standard InChI is InChI=1S/C10H5F2NO2S/c11-6-2-1-5(3-7(6)12)4-8-9(14)13-10(15)16-8/h1-4H,(H,13,14,15)/b8-4-. The zero-order chi connectivity index (χ0) is 11.7. The molecule has 1 N–H and O–H groups in total. The molecular weight excluding hydrogens is 236 g/mol. The second-order valence-electron chi connectivity index (χ2n) is 3.03. The minimum atomic E-state index is -0.996. The highest BCUT2D eigenvalue weighted by Crippen LogP contribution is 2.25. The van der Waals surface area contributed by atoms with E-state index < -0.39 is 22.8 Å². The number of halogens is 2. The fraction of sp³-hybridized carbons (Fsp3) is 0. The molecule has 0 atom stereocenters. The number of imide groups is 1. The molecule has 1 aliphatic rings. The lowest BCUT2D eigenvalue weighted by Gasteiger charge is -1.96. The molecule has 3 nitrogen and oxygen atoms in total. The Balaban J connectivity index is 2.32. The lowest BCUT2D eigenvalue weighted by molar-refractivity contribution is -0.115. The summed E-state index contributed by atoms with van der Waals surface area (Å²) in [5.41, 5.74) is 0.325. The second kappa shape index (κ2) is 4.05. The lowest BCUT2D eigenvalue weighted by Crippen LogP contribution is -2.17. The maximum absolute atomic E-state index is 12.8. The fourth-order valence-electron chi connectivity index (χ4n) is 1.17. The van der Waals surface area contributed by atoms with E-state index in [-0.39, 0.29) is 4.91 Å². The van der Waals surface area contributed by atoms with E-state index in [0.717, 1.165) is 23.9 Å². The Labute approximate surface area is 93.5 Å². The Morgan fingerprint density at radius 1 is 1.19 bits per heavy atom. The molecule has 0 radical (unpaired) electrons. The zero-order valence-electron chi connectivity index (χ0n) is 7.79. The van der Waals surface area contributed by atoms with Crippen molar-refractivity contribution >= 4 is 29.0 Å². The molecule has 0 spiro atoms. The van der Waals surface area contributed by atoms with Crippen LogP contribution in [0.2, 0.25) is 0 Å². The van der Waals surface area contributed by atoms with Gasteiger partial charge in [0.25, 0.3) is 11.1 Å². The third-order valence-electron chi connectivity index (χ3n) is 1.88. The Morgan fingerprint density at radius 2 is 1.94 bits per heavy atom. The summed E-state index contributed by atoms with van der Waals surface area (Å²) in [6.07, 6.45) is 1.33. The monoisotopic (exact) mass is 241 g/mol. The molecule has 0 aliphatic carbocycles. The number of benzene rings is 1. The third-order valence-corrected chi connectivity index (χ3v) is 2.69. The van der Waals surface area contributed by atoms with Crippen molar-refractivity contribution in [1.29, 1.82) is 0 Å². The maximum atomic E-state index is 12.8. The Bertz CT molecular complexity index is 514. The molecule has 0 bridgehead atoms. The smallest absolute Gasteiger partial charge is 0.282 e. The average molecular weight is 241 g/mol. The predicted molar refractivity (Wildman–Crippen MR) is 55.5 cm³/mol. The first kappa shape index (κ1) is 10.8. The number of amides is 2. The van der Waals surface area contributed by atoms with Gasteiger partial charge in [-0.3, -0.25) is 14.9 Å². The van der Waals surface area contributed by atoms with Gasteiger partial charge in [-0.15, -0.1) is 0 Å². The minimum absolute atomic E-state index is 0.163. The van der Waals surface area contributed by atoms with E-state index >= 15 is 0 Å². The first-order valence-electron chi connectivity index (χ1n) is 4.26. The van der Waals surface area contributed by atoms with E-state index in [1.54, 1.807) is 0 Å². The predicted octanol–water partition coefficient (Wildman–Crippen LogP) is 2.29. The summed E-state index contributed by atoms with van der Waals surface area (Å²) < 4.78 is 25.5. The number of hydrogen-bond donors (Lipinski definition) is 1. The molecule has 2 rings (SSSR count). The van der Waals surface area contributed by atoms with Crippen LogP contribution in [0.25, 0.3) is 6.08 Å². The van der Waals surface area contributed by atoms with Crippen LogP contribution in [0.15, 0.2) is 23.1 Å². The van der Waals surface area contributed by atoms with Crippen molar-refractivity contribution < 1.29 is 18.4 Å². The molecule has 82 valence electrons. The fourth-order valence-corrected chi connectivity index (χ4v) is 1.86. The van der Waals surface area contributed by atoms with E-state index in [0.29, 0.717) is 5.56 Å². The van der Waals surface area contributed by atoms with Gasteiger partial charge in [-0.1, -0.05) is 6.07 Å². The van der Waals surface area contributed by atoms with Crippen molar-refractivity contribution in [2.24, 2.45) is 0 Å². The van der Waals surface area contributed by atoms with Crippen molar-refractivity contribution in [3.8, 4) is 0 Å². The van der Waals surface area contributed by atoms with Crippen LogP contribution in [0.3, 0.4) is 0 Å². The van der Waals surface area contributed by atoms with Gasteiger partial charge in [-0.05, 0) is 35.5 Å². The SMILES string of the molecule is O=C1NC(=O)/C(=C/c2ccc(F)c(F)c2)S1. The summed E-state index contributed by atoms with van der Waals surface area (Å²) in [6, 6.07) is 3.24. The summed E-state index contributed by atoms with van der Waals surface area (Å²) in [7, 11) is 0. The third kappa shape index (κ3) is 2.11. The topological polar surface area (TPSA) is 46.2 Å². The van der Waals surface area contributed by atoms with Crippen LogP contribution in [0.4, 0.5) is 13.6 Å². The number of rotatable bonds is 1. The molecule has 1 aliphatic heterocycles. The molecule has 0 unspecified atom stereocenters. The van der Waals surface area contributed by atoms with E-state index in [4.69, 9.17) is 0 Å². The van der Waals surface area contributed by atoms with Crippen LogP contribution in [-0.2, 0) is 4.79 Å². The van der Waals surface area contributed by atoms with Gasteiger partial charge in [0, 0.05) is 0 Å². The first-order chi connectivity index (χ1) is 7.56. The number of carbonyl (C=O) groups excluding carboxylic acids is 2. The van der Waals surface area contributed by atoms with Crippen molar-refractivity contribution in [1.82, 2.24) is 5.32 Å². The number of nitrogens with one attached hydrogen (secondary N) is 1. The first-order valence-corrected chi connectivity index (χ1v) is 5.08. The van der Waals surface area contributed by atoms with E-state index in [9.17, 15) is 18.4 Å². The van der Waals surface area contributed by atoms with Crippen LogP contribution in [0.5, 0.6) is 0 Å². The normalized spacial score (nSPS) is 18.0. The van der Waals surface area contributed by atoms with Gasteiger partial charge < -0.3 is 0 Å². The average Bonchev–Trinajstić information content (AvgIpc) is 2.51. The molecular formula is C10H5F2NO2S. The highest BCUT2D eigenvalue weighted by atomic mass is 32.2. The van der Waals surface area contributed by atoms with Gasteiger partial charge in [-0.25, -0.2) is 8.78 Å².